The fourth-order valence-electron chi connectivity index (χ4n) is 1.60. The van der Waals surface area contributed by atoms with Gasteiger partial charge in [0.2, 0.25) is 11.1 Å². The minimum Gasteiger partial charge on any atom is -0.495 e. The fraction of sp³-hybridized carbons (Fsp3) is 0.222. The lowest BCUT2D eigenvalue weighted by molar-refractivity contribution is -0.114. The first kappa shape index (κ1) is 24.8. The van der Waals surface area contributed by atoms with Crippen LogP contribution in [0.3, 0.4) is 0 Å². The molecule has 0 aromatic heterocycles. The molecule has 6 nitrogen and oxygen atoms in total. The van der Waals surface area contributed by atoms with E-state index in [-0.39, 0.29) is 17.7 Å². The lowest BCUT2D eigenvalue weighted by Gasteiger charge is -2.07. The maximum atomic E-state index is 11.0. The van der Waals surface area contributed by atoms with E-state index in [0.717, 1.165) is 5.75 Å². The zero-order valence-corrected chi connectivity index (χ0v) is 17.1. The van der Waals surface area contributed by atoms with Crippen LogP contribution in [0.15, 0.2) is 48.5 Å². The molecule has 0 heterocycles. The molecule has 0 atom stereocenters. The van der Waals surface area contributed by atoms with Crippen LogP contribution in [-0.4, -0.2) is 37.1 Å². The molecule has 0 unspecified atom stereocenters. The molecule has 2 aromatic rings. The number of nitrogens with one attached hydrogen (secondary N) is 1. The van der Waals surface area contributed by atoms with E-state index >= 15 is 0 Å². The third-order valence-electron chi connectivity index (χ3n) is 2.75. The third-order valence-corrected chi connectivity index (χ3v) is 3.50. The van der Waals surface area contributed by atoms with Crippen LogP contribution in [0.4, 0.5) is 11.4 Å². The van der Waals surface area contributed by atoms with E-state index in [2.05, 4.69) is 5.32 Å². The number of methoxy groups -OCH3 is 2. The van der Waals surface area contributed by atoms with Gasteiger partial charge < -0.3 is 20.5 Å². The summed E-state index contributed by atoms with van der Waals surface area (Å²) in [6.07, 6.45) is 0. The van der Waals surface area contributed by atoms with E-state index in [1.165, 1.54) is 0 Å². The fourth-order valence-corrected chi connectivity index (χ4v) is 1.66. The van der Waals surface area contributed by atoms with Gasteiger partial charge in [-0.1, -0.05) is 24.3 Å². The molecule has 0 saturated carbocycles. The average Bonchev–Trinajstić information content (AvgIpc) is 2.69. The standard InChI is InChI=1S/C9H10ClNO2.C7H9NO.C2H2Cl2O/c1-13-8-5-3-2-4-7(8)11-9(12)6-10;1-9-7-5-3-2-4-6(7)8;3-1-2(4)5/h2-5H,6H2,1H3,(H,11,12);2-5H,8H2,1H3;1H2. The van der Waals surface area contributed by atoms with Crippen molar-refractivity contribution in [2.24, 2.45) is 0 Å². The Balaban J connectivity index is 0.000000419. The van der Waals surface area contributed by atoms with Crippen molar-refractivity contribution in [2.45, 2.75) is 0 Å². The molecule has 0 aliphatic rings. The molecular formula is C18H21Cl3N2O4. The molecule has 9 heteroatoms. The van der Waals surface area contributed by atoms with Crippen molar-refractivity contribution in [1.82, 2.24) is 0 Å². The number of hydrogen-bond donors (Lipinski definition) is 2. The van der Waals surface area contributed by atoms with Crippen LogP contribution < -0.4 is 20.5 Å². The van der Waals surface area contributed by atoms with Gasteiger partial charge in [0, 0.05) is 0 Å². The monoisotopic (exact) mass is 434 g/mol. The number of carbonyl (C=O) groups is 2. The highest BCUT2D eigenvalue weighted by Crippen LogP contribution is 2.22. The Labute approximate surface area is 173 Å². The van der Waals surface area contributed by atoms with Crippen LogP contribution in [0.2, 0.25) is 0 Å². The molecular weight excluding hydrogens is 415 g/mol. The van der Waals surface area contributed by atoms with Crippen molar-refractivity contribution in [3.8, 4) is 11.5 Å². The Morgan fingerprint density at radius 3 is 1.81 bits per heavy atom. The van der Waals surface area contributed by atoms with Crippen LogP contribution in [0.25, 0.3) is 0 Å². The predicted octanol–water partition coefficient (Wildman–Crippen LogP) is 4.14. The first-order valence-corrected chi connectivity index (χ1v) is 8.95. The van der Waals surface area contributed by atoms with Gasteiger partial charge in [0.05, 0.1) is 31.5 Å². The van der Waals surface area contributed by atoms with E-state index in [9.17, 15) is 9.59 Å². The van der Waals surface area contributed by atoms with E-state index in [1.807, 2.05) is 30.3 Å². The van der Waals surface area contributed by atoms with Crippen LogP contribution in [-0.2, 0) is 9.59 Å². The number of amides is 1. The number of ether oxygens (including phenoxy) is 2. The number of benzene rings is 2. The highest BCUT2D eigenvalue weighted by atomic mass is 35.5. The van der Waals surface area contributed by atoms with Crippen molar-refractivity contribution < 1.29 is 19.1 Å². The normalized spacial score (nSPS) is 8.93. The zero-order valence-electron chi connectivity index (χ0n) is 14.9. The van der Waals surface area contributed by atoms with E-state index in [0.29, 0.717) is 17.1 Å². The minimum atomic E-state index is -0.508. The van der Waals surface area contributed by atoms with Gasteiger partial charge in [0.25, 0.3) is 0 Å². The second-order valence-electron chi connectivity index (χ2n) is 4.61. The maximum Gasteiger partial charge on any atom is 0.239 e. The third kappa shape index (κ3) is 11.2. The first-order valence-electron chi connectivity index (χ1n) is 7.51. The molecule has 0 radical (unpaired) electrons. The van der Waals surface area contributed by atoms with E-state index < -0.39 is 5.24 Å². The first-order chi connectivity index (χ1) is 12.9. The number of rotatable bonds is 5. The van der Waals surface area contributed by atoms with Gasteiger partial charge >= 0.3 is 0 Å². The molecule has 3 N–H and O–H groups in total. The second kappa shape index (κ2) is 15.0. The molecule has 27 heavy (non-hydrogen) atoms. The number of halogens is 3. The summed E-state index contributed by atoms with van der Waals surface area (Å²) in [7, 11) is 3.15. The summed E-state index contributed by atoms with van der Waals surface area (Å²) in [5.74, 6) is 0.962. The SMILES string of the molecule is COc1ccccc1N.COc1ccccc1NC(=O)CCl.O=C(Cl)CCl. The van der Waals surface area contributed by atoms with E-state index in [1.54, 1.807) is 32.4 Å². The number of anilines is 2. The summed E-state index contributed by atoms with van der Waals surface area (Å²) in [6.45, 7) is 0. The van der Waals surface area contributed by atoms with Gasteiger partial charge in [0.15, 0.2) is 0 Å². The Bertz CT molecular complexity index is 715. The molecule has 0 aliphatic carbocycles. The number of alkyl halides is 2. The van der Waals surface area contributed by atoms with Gasteiger partial charge in [0.1, 0.15) is 17.4 Å². The summed E-state index contributed by atoms with van der Waals surface area (Å²) >= 11 is 14.9. The highest BCUT2D eigenvalue weighted by molar-refractivity contribution is 6.67. The van der Waals surface area contributed by atoms with Crippen LogP contribution in [0.5, 0.6) is 11.5 Å². The second-order valence-corrected chi connectivity index (χ2v) is 5.57. The zero-order chi connectivity index (χ0) is 20.7. The molecule has 2 aromatic carbocycles. The summed E-state index contributed by atoms with van der Waals surface area (Å²) < 4.78 is 9.95. The molecule has 0 saturated heterocycles. The van der Waals surface area contributed by atoms with Gasteiger partial charge in [-0.3, -0.25) is 9.59 Å². The Hall–Kier alpha value is -2.15. The molecule has 0 aliphatic heterocycles. The maximum absolute atomic E-state index is 11.0. The summed E-state index contributed by atoms with van der Waals surface area (Å²) in [6, 6.07) is 14.6. The summed E-state index contributed by atoms with van der Waals surface area (Å²) in [4.78, 5) is 20.4. The summed E-state index contributed by atoms with van der Waals surface area (Å²) in [5.41, 5.74) is 6.82. The van der Waals surface area contributed by atoms with Crippen molar-refractivity contribution in [2.75, 3.05) is 37.0 Å². The van der Waals surface area contributed by atoms with Crippen LogP contribution in [0.1, 0.15) is 0 Å². The Morgan fingerprint density at radius 2 is 1.41 bits per heavy atom. The van der Waals surface area contributed by atoms with E-state index in [4.69, 9.17) is 50.0 Å². The van der Waals surface area contributed by atoms with Gasteiger partial charge in [-0.2, -0.15) is 0 Å². The largest absolute Gasteiger partial charge is 0.495 e. The van der Waals surface area contributed by atoms with Gasteiger partial charge in [-0.05, 0) is 35.9 Å². The van der Waals surface area contributed by atoms with Gasteiger partial charge in [-0.25, -0.2) is 0 Å². The van der Waals surface area contributed by atoms with Crippen LogP contribution in [0, 0.1) is 0 Å². The number of hydrogen-bond acceptors (Lipinski definition) is 5. The molecule has 2 rings (SSSR count). The number of para-hydroxylation sites is 4. The van der Waals surface area contributed by atoms with Crippen LogP contribution >= 0.6 is 34.8 Å². The quantitative estimate of drug-likeness (QED) is 0.418. The van der Waals surface area contributed by atoms with Crippen molar-refractivity contribution in [1.29, 1.82) is 0 Å². The lowest BCUT2D eigenvalue weighted by Crippen LogP contribution is -2.13. The Morgan fingerprint density at radius 1 is 0.926 bits per heavy atom. The van der Waals surface area contributed by atoms with Crippen molar-refractivity contribution in [3.05, 3.63) is 48.5 Å². The number of carbonyl (C=O) groups excluding carboxylic acids is 2. The lowest BCUT2D eigenvalue weighted by atomic mass is 10.3. The molecule has 0 spiro atoms. The van der Waals surface area contributed by atoms with Crippen molar-refractivity contribution >= 4 is 57.3 Å². The highest BCUT2D eigenvalue weighted by Gasteiger charge is 2.04. The number of nitrogen functional groups attached to an aromatic ring is 1. The number of nitrogens with two attached hydrogens (primary N) is 1. The average molecular weight is 436 g/mol. The molecule has 0 fully saturated rings. The Kier molecular flexibility index (Phi) is 13.8. The minimum absolute atomic E-state index is 0.0575. The predicted molar refractivity (Wildman–Crippen MR) is 111 cm³/mol. The molecule has 148 valence electrons. The van der Waals surface area contributed by atoms with Crippen molar-refractivity contribution in [3.63, 3.8) is 0 Å². The summed E-state index contributed by atoms with van der Waals surface area (Å²) in [5, 5.41) is 2.11. The molecule has 1 amide bonds. The topological polar surface area (TPSA) is 90.7 Å². The molecule has 0 bridgehead atoms. The smallest absolute Gasteiger partial charge is 0.239 e. The van der Waals surface area contributed by atoms with Gasteiger partial charge in [-0.15, -0.1) is 23.2 Å².